The summed E-state index contributed by atoms with van der Waals surface area (Å²) in [5, 5.41) is 11.3. The Balaban J connectivity index is 1.24. The Kier molecular flexibility index (Phi) is 6.35. The Labute approximate surface area is 180 Å². The summed E-state index contributed by atoms with van der Waals surface area (Å²) >= 11 is 7.23. The highest BCUT2D eigenvalue weighted by molar-refractivity contribution is 8.00. The largest absolute Gasteiger partial charge is 0.486 e. The Morgan fingerprint density at radius 1 is 1.31 bits per heavy atom. The number of carbonyl (C=O) groups is 1. The molecule has 1 aromatic heterocycles. The minimum Gasteiger partial charge on any atom is -0.486 e. The molecular weight excluding hydrogens is 408 g/mol. The fourth-order valence-corrected chi connectivity index (χ4v) is 5.52. The van der Waals surface area contributed by atoms with Gasteiger partial charge in [-0.15, -0.1) is 5.10 Å². The normalized spacial score (nSPS) is 25.0. The fraction of sp³-hybridized carbons (Fsp3) is 0.571. The zero-order valence-electron chi connectivity index (χ0n) is 16.7. The standard InChI is InChI=1S/C21H27ClN4O2S/c1-12(18-10-14-3-4-15(18)9-14)23-20(27)13(2)29-21-24-19(25-26-21)11-28-17-7-5-16(22)6-8-17/h5-8,12-15,18H,3-4,9-11H2,1-2H3,(H,23,27)(H,24,25,26). The van der Waals surface area contributed by atoms with Crippen molar-refractivity contribution in [3.8, 4) is 5.75 Å². The van der Waals surface area contributed by atoms with Gasteiger partial charge in [0.2, 0.25) is 11.1 Å². The molecule has 2 bridgehead atoms. The maximum atomic E-state index is 12.6. The molecule has 2 aliphatic carbocycles. The number of ether oxygens (including phenoxy) is 1. The molecule has 0 radical (unpaired) electrons. The first kappa shape index (κ1) is 20.5. The number of nitrogens with one attached hydrogen (secondary N) is 2. The number of halogens is 1. The molecule has 2 aromatic rings. The zero-order valence-corrected chi connectivity index (χ0v) is 18.3. The molecule has 5 unspecified atom stereocenters. The summed E-state index contributed by atoms with van der Waals surface area (Å²) in [7, 11) is 0. The lowest BCUT2D eigenvalue weighted by Crippen LogP contribution is -2.43. The number of nitrogens with zero attached hydrogens (tertiary/aromatic N) is 2. The molecule has 1 amide bonds. The van der Waals surface area contributed by atoms with Crippen molar-refractivity contribution in [2.45, 2.75) is 62.6 Å². The molecule has 1 heterocycles. The van der Waals surface area contributed by atoms with Gasteiger partial charge in [0, 0.05) is 11.1 Å². The molecule has 1 aromatic carbocycles. The second kappa shape index (κ2) is 8.96. The van der Waals surface area contributed by atoms with Gasteiger partial charge in [0.05, 0.1) is 5.25 Å². The van der Waals surface area contributed by atoms with Crippen LogP contribution in [0.5, 0.6) is 5.75 Å². The van der Waals surface area contributed by atoms with Crippen LogP contribution in [0.4, 0.5) is 0 Å². The van der Waals surface area contributed by atoms with E-state index in [1.54, 1.807) is 24.3 Å². The number of thioether (sulfide) groups is 1. The van der Waals surface area contributed by atoms with Crippen LogP contribution in [0.15, 0.2) is 29.4 Å². The zero-order chi connectivity index (χ0) is 20.4. The molecule has 0 saturated heterocycles. The first-order valence-corrected chi connectivity index (χ1v) is 11.5. The van der Waals surface area contributed by atoms with Crippen LogP contribution in [-0.4, -0.2) is 32.4 Å². The summed E-state index contributed by atoms with van der Waals surface area (Å²) < 4.78 is 5.67. The van der Waals surface area contributed by atoms with Crippen molar-refractivity contribution in [3.05, 3.63) is 35.1 Å². The van der Waals surface area contributed by atoms with E-state index >= 15 is 0 Å². The third-order valence-corrected chi connectivity index (χ3v) is 7.37. The molecule has 2 N–H and O–H groups in total. The van der Waals surface area contributed by atoms with Crippen molar-refractivity contribution < 1.29 is 9.53 Å². The number of benzene rings is 1. The van der Waals surface area contributed by atoms with E-state index < -0.39 is 0 Å². The number of H-pyrrole nitrogens is 1. The Bertz CT molecular complexity index is 843. The van der Waals surface area contributed by atoms with Gasteiger partial charge >= 0.3 is 0 Å². The average molecular weight is 435 g/mol. The first-order chi connectivity index (χ1) is 14.0. The lowest BCUT2D eigenvalue weighted by Gasteiger charge is -2.29. The van der Waals surface area contributed by atoms with Crippen LogP contribution >= 0.6 is 23.4 Å². The van der Waals surface area contributed by atoms with Crippen molar-refractivity contribution in [2.75, 3.05) is 0 Å². The van der Waals surface area contributed by atoms with Gasteiger partial charge < -0.3 is 10.1 Å². The molecule has 0 aliphatic heterocycles. The third kappa shape index (κ3) is 5.07. The third-order valence-electron chi connectivity index (χ3n) is 6.16. The van der Waals surface area contributed by atoms with Gasteiger partial charge in [0.15, 0.2) is 5.82 Å². The predicted molar refractivity (Wildman–Crippen MR) is 114 cm³/mol. The Morgan fingerprint density at radius 2 is 2.10 bits per heavy atom. The van der Waals surface area contributed by atoms with E-state index in [0.29, 0.717) is 27.7 Å². The number of amides is 1. The number of carbonyl (C=O) groups excluding carboxylic acids is 1. The molecule has 2 saturated carbocycles. The lowest BCUT2D eigenvalue weighted by molar-refractivity contribution is -0.121. The second-order valence-electron chi connectivity index (χ2n) is 8.20. The Hall–Kier alpha value is -1.73. The van der Waals surface area contributed by atoms with Crippen LogP contribution in [0, 0.1) is 17.8 Å². The van der Waals surface area contributed by atoms with E-state index in [-0.39, 0.29) is 23.8 Å². The molecule has 8 heteroatoms. The molecule has 156 valence electrons. The van der Waals surface area contributed by atoms with Gasteiger partial charge in [-0.2, -0.15) is 0 Å². The van der Waals surface area contributed by atoms with E-state index in [1.807, 2.05) is 6.92 Å². The monoisotopic (exact) mass is 434 g/mol. The number of aromatic nitrogens is 3. The van der Waals surface area contributed by atoms with Crippen molar-refractivity contribution in [3.63, 3.8) is 0 Å². The molecule has 2 aliphatic rings. The van der Waals surface area contributed by atoms with Crippen LogP contribution in [0.2, 0.25) is 5.02 Å². The topological polar surface area (TPSA) is 79.9 Å². The molecule has 6 nitrogen and oxygen atoms in total. The molecule has 0 spiro atoms. The number of hydrogen-bond donors (Lipinski definition) is 2. The summed E-state index contributed by atoms with van der Waals surface area (Å²) in [5.41, 5.74) is 0. The van der Waals surface area contributed by atoms with Crippen molar-refractivity contribution >= 4 is 29.3 Å². The number of rotatable bonds is 8. The smallest absolute Gasteiger partial charge is 0.233 e. The minimum atomic E-state index is -0.253. The molecule has 2 fully saturated rings. The predicted octanol–water partition coefficient (Wildman–Crippen LogP) is 4.46. The summed E-state index contributed by atoms with van der Waals surface area (Å²) in [5.74, 6) is 3.70. The van der Waals surface area contributed by atoms with E-state index in [4.69, 9.17) is 16.3 Å². The minimum absolute atomic E-state index is 0.0500. The van der Waals surface area contributed by atoms with Gasteiger partial charge in [-0.1, -0.05) is 29.8 Å². The average Bonchev–Trinajstić information content (AvgIpc) is 3.44. The van der Waals surface area contributed by atoms with Crippen LogP contribution in [0.1, 0.15) is 45.4 Å². The fourth-order valence-electron chi connectivity index (χ4n) is 4.64. The highest BCUT2D eigenvalue weighted by Crippen LogP contribution is 2.49. The Morgan fingerprint density at radius 3 is 2.79 bits per heavy atom. The van der Waals surface area contributed by atoms with E-state index in [9.17, 15) is 4.79 Å². The van der Waals surface area contributed by atoms with Crippen LogP contribution in [0.25, 0.3) is 0 Å². The summed E-state index contributed by atoms with van der Waals surface area (Å²) in [6.45, 7) is 4.32. The van der Waals surface area contributed by atoms with Crippen LogP contribution in [0.3, 0.4) is 0 Å². The van der Waals surface area contributed by atoms with Crippen molar-refractivity contribution in [1.82, 2.24) is 20.5 Å². The molecule has 5 atom stereocenters. The van der Waals surface area contributed by atoms with Gasteiger partial charge in [-0.05, 0) is 75.1 Å². The summed E-state index contributed by atoms with van der Waals surface area (Å²) in [6.07, 6.45) is 5.33. The first-order valence-electron chi connectivity index (χ1n) is 10.2. The SMILES string of the molecule is CC(Sc1n[nH]c(COc2ccc(Cl)cc2)n1)C(=O)NC(C)C1CC2CCC1C2. The maximum absolute atomic E-state index is 12.6. The van der Waals surface area contributed by atoms with Gasteiger partial charge in [-0.25, -0.2) is 4.98 Å². The second-order valence-corrected chi connectivity index (χ2v) is 9.95. The number of hydrogen-bond acceptors (Lipinski definition) is 5. The molecular formula is C21H27ClN4O2S. The van der Waals surface area contributed by atoms with E-state index in [0.717, 1.165) is 11.8 Å². The molecule has 4 rings (SSSR count). The maximum Gasteiger partial charge on any atom is 0.233 e. The molecule has 29 heavy (non-hydrogen) atoms. The number of fused-ring (bicyclic) bond motifs is 2. The van der Waals surface area contributed by atoms with Crippen LogP contribution < -0.4 is 10.1 Å². The van der Waals surface area contributed by atoms with Gasteiger partial charge in [0.25, 0.3) is 0 Å². The lowest BCUT2D eigenvalue weighted by atomic mass is 9.84. The number of aromatic amines is 1. The van der Waals surface area contributed by atoms with E-state index in [1.165, 1.54) is 37.4 Å². The van der Waals surface area contributed by atoms with Crippen molar-refractivity contribution in [2.24, 2.45) is 17.8 Å². The summed E-state index contributed by atoms with van der Waals surface area (Å²) in [4.78, 5) is 17.1. The highest BCUT2D eigenvalue weighted by atomic mass is 35.5. The van der Waals surface area contributed by atoms with Crippen LogP contribution in [-0.2, 0) is 11.4 Å². The highest BCUT2D eigenvalue weighted by Gasteiger charge is 2.42. The van der Waals surface area contributed by atoms with E-state index in [2.05, 4.69) is 27.4 Å². The quantitative estimate of drug-likeness (QED) is 0.599. The van der Waals surface area contributed by atoms with Gasteiger partial charge in [0.1, 0.15) is 12.4 Å². The van der Waals surface area contributed by atoms with Crippen molar-refractivity contribution in [1.29, 1.82) is 0 Å². The van der Waals surface area contributed by atoms with Gasteiger partial charge in [-0.3, -0.25) is 9.89 Å². The summed E-state index contributed by atoms with van der Waals surface area (Å²) in [6, 6.07) is 7.39.